The highest BCUT2D eigenvalue weighted by Gasteiger charge is 2.20. The molecule has 3 N–H and O–H groups in total. The summed E-state index contributed by atoms with van der Waals surface area (Å²) in [7, 11) is 0. The number of halogens is 1. The van der Waals surface area contributed by atoms with Gasteiger partial charge in [-0.25, -0.2) is 0 Å². The zero-order valence-electron chi connectivity index (χ0n) is 17.1. The van der Waals surface area contributed by atoms with E-state index in [2.05, 4.69) is 60.4 Å². The Labute approximate surface area is 187 Å². The Morgan fingerprint density at radius 1 is 0.935 bits per heavy atom. The Morgan fingerprint density at radius 3 is 2.58 bits per heavy atom. The summed E-state index contributed by atoms with van der Waals surface area (Å²) in [5, 5.41) is 7.54. The number of aromatic amines is 2. The standard InChI is InChI=1S/C25H23BrN4O/c26-15-7-8-21-18(13-15)22-23-17(16-5-1-2-6-20(16)28-23)14-19(24(22)29-21)25(31)27-9-12-30-10-3-4-11-30/h1-2,5-8,13-14,28-29H,3-4,9-12H2,(H,27,31). The average molecular weight is 475 g/mol. The van der Waals surface area contributed by atoms with Crippen molar-refractivity contribution in [2.75, 3.05) is 26.2 Å². The Balaban J connectivity index is 1.52. The van der Waals surface area contributed by atoms with Crippen LogP contribution in [0, 0.1) is 0 Å². The first-order chi connectivity index (χ1) is 15.2. The lowest BCUT2D eigenvalue weighted by atomic mass is 10.0. The Morgan fingerprint density at radius 2 is 1.71 bits per heavy atom. The predicted octanol–water partition coefficient (Wildman–Crippen LogP) is 5.54. The van der Waals surface area contributed by atoms with Crippen LogP contribution in [0.1, 0.15) is 23.2 Å². The van der Waals surface area contributed by atoms with E-state index in [9.17, 15) is 4.79 Å². The molecule has 1 aliphatic rings. The molecule has 31 heavy (non-hydrogen) atoms. The smallest absolute Gasteiger partial charge is 0.253 e. The number of amides is 1. The SMILES string of the molecule is O=C(NCCN1CCCC1)c1cc2c3ccccc3[nH]c2c2c1[nH]c1ccc(Br)cc12. The van der Waals surface area contributed by atoms with Gasteiger partial charge in [0.1, 0.15) is 0 Å². The minimum Gasteiger partial charge on any atom is -0.354 e. The second-order valence-electron chi connectivity index (χ2n) is 8.39. The zero-order valence-corrected chi connectivity index (χ0v) is 18.7. The van der Waals surface area contributed by atoms with E-state index in [1.807, 2.05) is 24.3 Å². The van der Waals surface area contributed by atoms with Gasteiger partial charge in [-0.05, 0) is 56.3 Å². The molecule has 0 bridgehead atoms. The molecule has 5 aromatic rings. The highest BCUT2D eigenvalue weighted by atomic mass is 79.9. The molecular formula is C25H23BrN4O. The first kappa shape index (κ1) is 18.9. The van der Waals surface area contributed by atoms with Crippen molar-refractivity contribution in [3.8, 4) is 0 Å². The Bertz CT molecular complexity index is 1460. The molecule has 3 heterocycles. The highest BCUT2D eigenvalue weighted by molar-refractivity contribution is 9.10. The summed E-state index contributed by atoms with van der Waals surface area (Å²) in [4.78, 5) is 22.8. The van der Waals surface area contributed by atoms with Gasteiger partial charge in [0.05, 0.1) is 16.6 Å². The van der Waals surface area contributed by atoms with Crippen molar-refractivity contribution >= 4 is 65.4 Å². The first-order valence-electron chi connectivity index (χ1n) is 10.8. The summed E-state index contributed by atoms with van der Waals surface area (Å²) in [6, 6.07) is 16.5. The highest BCUT2D eigenvalue weighted by Crippen LogP contribution is 2.38. The minimum absolute atomic E-state index is 0.0259. The van der Waals surface area contributed by atoms with Gasteiger partial charge in [0.25, 0.3) is 5.91 Å². The number of nitrogens with zero attached hydrogens (tertiary/aromatic N) is 1. The molecule has 1 fully saturated rings. The predicted molar refractivity (Wildman–Crippen MR) is 131 cm³/mol. The average Bonchev–Trinajstić information content (AvgIpc) is 3.49. The van der Waals surface area contributed by atoms with Crippen LogP contribution in [0.25, 0.3) is 43.6 Å². The van der Waals surface area contributed by atoms with E-state index in [0.717, 1.165) is 67.7 Å². The molecule has 1 saturated heterocycles. The number of benzene rings is 3. The van der Waals surface area contributed by atoms with Crippen molar-refractivity contribution in [2.45, 2.75) is 12.8 Å². The molecule has 1 amide bonds. The summed E-state index contributed by atoms with van der Waals surface area (Å²) in [6.07, 6.45) is 2.52. The molecule has 0 radical (unpaired) electrons. The van der Waals surface area contributed by atoms with Gasteiger partial charge in [-0.3, -0.25) is 4.79 Å². The van der Waals surface area contributed by atoms with Gasteiger partial charge in [-0.1, -0.05) is 34.1 Å². The second-order valence-corrected chi connectivity index (χ2v) is 9.30. The molecular weight excluding hydrogens is 452 g/mol. The topological polar surface area (TPSA) is 63.9 Å². The Kier molecular flexibility index (Phi) is 4.51. The fourth-order valence-electron chi connectivity index (χ4n) is 4.96. The van der Waals surface area contributed by atoms with Gasteiger partial charge in [-0.2, -0.15) is 0 Å². The van der Waals surface area contributed by atoms with Gasteiger partial charge < -0.3 is 20.2 Å². The number of nitrogens with one attached hydrogen (secondary N) is 3. The van der Waals surface area contributed by atoms with Crippen molar-refractivity contribution in [3.63, 3.8) is 0 Å². The van der Waals surface area contributed by atoms with Crippen LogP contribution >= 0.6 is 15.9 Å². The third kappa shape index (κ3) is 3.13. The van der Waals surface area contributed by atoms with E-state index >= 15 is 0 Å². The molecule has 2 aromatic heterocycles. The maximum absolute atomic E-state index is 13.3. The van der Waals surface area contributed by atoms with Crippen LogP contribution in [0.2, 0.25) is 0 Å². The lowest BCUT2D eigenvalue weighted by Crippen LogP contribution is -2.33. The molecule has 1 aliphatic heterocycles. The normalized spacial score (nSPS) is 15.0. The molecule has 0 aliphatic carbocycles. The third-order valence-electron chi connectivity index (χ3n) is 6.47. The van der Waals surface area contributed by atoms with Crippen LogP contribution in [0.4, 0.5) is 0 Å². The fraction of sp³-hybridized carbons (Fsp3) is 0.240. The summed E-state index contributed by atoms with van der Waals surface area (Å²) < 4.78 is 1.02. The minimum atomic E-state index is -0.0259. The van der Waals surface area contributed by atoms with E-state index in [4.69, 9.17) is 0 Å². The number of fused-ring (bicyclic) bond motifs is 7. The molecule has 6 heteroatoms. The van der Waals surface area contributed by atoms with Crippen molar-refractivity contribution < 1.29 is 4.79 Å². The monoisotopic (exact) mass is 474 g/mol. The maximum atomic E-state index is 13.3. The number of rotatable bonds is 4. The number of H-pyrrole nitrogens is 2. The van der Waals surface area contributed by atoms with Crippen LogP contribution in [0.15, 0.2) is 53.0 Å². The van der Waals surface area contributed by atoms with Crippen LogP contribution in [-0.4, -0.2) is 47.0 Å². The second kappa shape index (κ2) is 7.39. The fourth-order valence-corrected chi connectivity index (χ4v) is 5.32. The lowest BCUT2D eigenvalue weighted by Gasteiger charge is -2.15. The van der Waals surface area contributed by atoms with E-state index in [1.54, 1.807) is 0 Å². The van der Waals surface area contributed by atoms with Crippen molar-refractivity contribution in [1.82, 2.24) is 20.2 Å². The summed E-state index contributed by atoms with van der Waals surface area (Å²) in [5.41, 5.74) is 4.74. The molecule has 6 rings (SSSR count). The molecule has 0 spiro atoms. The molecule has 0 saturated carbocycles. The number of carbonyl (C=O) groups excluding carboxylic acids is 1. The first-order valence-corrected chi connectivity index (χ1v) is 11.6. The van der Waals surface area contributed by atoms with Crippen LogP contribution in [-0.2, 0) is 0 Å². The van der Waals surface area contributed by atoms with Gasteiger partial charge in [0.15, 0.2) is 0 Å². The van der Waals surface area contributed by atoms with E-state index in [-0.39, 0.29) is 5.91 Å². The van der Waals surface area contributed by atoms with Gasteiger partial charge in [-0.15, -0.1) is 0 Å². The van der Waals surface area contributed by atoms with Crippen molar-refractivity contribution in [1.29, 1.82) is 0 Å². The molecule has 3 aromatic carbocycles. The number of hydrogen-bond acceptors (Lipinski definition) is 2. The largest absolute Gasteiger partial charge is 0.354 e. The molecule has 0 atom stereocenters. The summed E-state index contributed by atoms with van der Waals surface area (Å²) >= 11 is 3.61. The van der Waals surface area contributed by atoms with Gasteiger partial charge >= 0.3 is 0 Å². The number of carbonyl (C=O) groups is 1. The molecule has 0 unspecified atom stereocenters. The number of aromatic nitrogens is 2. The van der Waals surface area contributed by atoms with Gasteiger partial charge in [0, 0.05) is 50.1 Å². The zero-order chi connectivity index (χ0) is 20.9. The summed E-state index contributed by atoms with van der Waals surface area (Å²) in [5.74, 6) is -0.0259. The van der Waals surface area contributed by atoms with Crippen LogP contribution < -0.4 is 5.32 Å². The van der Waals surface area contributed by atoms with Crippen LogP contribution in [0.5, 0.6) is 0 Å². The summed E-state index contributed by atoms with van der Waals surface area (Å²) in [6.45, 7) is 3.85. The van der Waals surface area contributed by atoms with E-state index in [0.29, 0.717) is 12.1 Å². The quantitative estimate of drug-likeness (QED) is 0.320. The number of likely N-dealkylation sites (tertiary alicyclic amines) is 1. The number of hydrogen-bond donors (Lipinski definition) is 3. The van der Waals surface area contributed by atoms with E-state index < -0.39 is 0 Å². The number of para-hydroxylation sites is 1. The Hall–Kier alpha value is -2.83. The van der Waals surface area contributed by atoms with Crippen LogP contribution in [0.3, 0.4) is 0 Å². The van der Waals surface area contributed by atoms with E-state index in [1.165, 1.54) is 12.8 Å². The molecule has 5 nitrogen and oxygen atoms in total. The van der Waals surface area contributed by atoms with Crippen molar-refractivity contribution in [3.05, 3.63) is 58.6 Å². The third-order valence-corrected chi connectivity index (χ3v) is 6.97. The van der Waals surface area contributed by atoms with Gasteiger partial charge in [0.2, 0.25) is 0 Å². The lowest BCUT2D eigenvalue weighted by molar-refractivity contribution is 0.0951. The van der Waals surface area contributed by atoms with Crippen molar-refractivity contribution in [2.24, 2.45) is 0 Å². The maximum Gasteiger partial charge on any atom is 0.253 e. The molecule has 156 valence electrons.